The highest BCUT2D eigenvalue weighted by atomic mass is 35.5. The van der Waals surface area contributed by atoms with E-state index >= 15 is 0 Å². The third kappa shape index (κ3) is 4.50. The molecule has 1 unspecified atom stereocenters. The Morgan fingerprint density at radius 1 is 1.14 bits per heavy atom. The van der Waals surface area contributed by atoms with Gasteiger partial charge in [0.2, 0.25) is 0 Å². The van der Waals surface area contributed by atoms with Gasteiger partial charge in [-0.25, -0.2) is 0 Å². The first-order chi connectivity index (χ1) is 10.1. The van der Waals surface area contributed by atoms with E-state index in [1.807, 2.05) is 47.4 Å². The van der Waals surface area contributed by atoms with Crippen LogP contribution in [0, 0.1) is 0 Å². The first-order valence-electron chi connectivity index (χ1n) is 7.32. The van der Waals surface area contributed by atoms with Crippen LogP contribution in [-0.4, -0.2) is 16.8 Å². The van der Waals surface area contributed by atoms with Gasteiger partial charge in [0, 0.05) is 23.8 Å². The van der Waals surface area contributed by atoms with Gasteiger partial charge in [-0.05, 0) is 37.1 Å². The van der Waals surface area contributed by atoms with Crippen LogP contribution >= 0.6 is 12.4 Å². The second-order valence-electron chi connectivity index (χ2n) is 5.30. The number of amides is 1. The Morgan fingerprint density at radius 2 is 1.82 bits per heavy atom. The van der Waals surface area contributed by atoms with Crippen LogP contribution in [-0.2, 0) is 6.54 Å². The van der Waals surface area contributed by atoms with E-state index < -0.39 is 0 Å². The van der Waals surface area contributed by atoms with Crippen molar-refractivity contribution < 1.29 is 4.79 Å². The second-order valence-corrected chi connectivity index (χ2v) is 5.30. The number of hydrogen-bond acceptors (Lipinski definition) is 2. The van der Waals surface area contributed by atoms with Gasteiger partial charge in [0.15, 0.2) is 0 Å². The number of hydrogen-bond donors (Lipinski definition) is 1. The Kier molecular flexibility index (Phi) is 6.93. The summed E-state index contributed by atoms with van der Waals surface area (Å²) >= 11 is 0. The van der Waals surface area contributed by atoms with Crippen molar-refractivity contribution in [3.63, 3.8) is 0 Å². The number of benzene rings is 2. The Labute approximate surface area is 138 Å². The van der Waals surface area contributed by atoms with Crippen LogP contribution in [0.4, 0.5) is 5.69 Å². The van der Waals surface area contributed by atoms with Gasteiger partial charge in [-0.3, -0.25) is 4.79 Å². The molecule has 2 aromatic rings. The summed E-state index contributed by atoms with van der Waals surface area (Å²) in [4.78, 5) is 14.7. The summed E-state index contributed by atoms with van der Waals surface area (Å²) in [5.41, 5.74) is 8.18. The molecule has 2 aromatic carbocycles. The number of anilines is 1. The van der Waals surface area contributed by atoms with Crippen molar-refractivity contribution in [3.05, 3.63) is 65.7 Å². The third-order valence-corrected chi connectivity index (χ3v) is 3.71. The number of nitrogens with two attached hydrogens (primary N) is 1. The maximum Gasteiger partial charge on any atom is 0.254 e. The lowest BCUT2D eigenvalue weighted by Gasteiger charge is -2.29. The minimum Gasteiger partial charge on any atom is -0.399 e. The van der Waals surface area contributed by atoms with E-state index in [9.17, 15) is 4.79 Å². The number of carbonyl (C=O) groups excluding carboxylic acids is 1. The van der Waals surface area contributed by atoms with Gasteiger partial charge >= 0.3 is 0 Å². The largest absolute Gasteiger partial charge is 0.399 e. The zero-order valence-electron chi connectivity index (χ0n) is 13.0. The average Bonchev–Trinajstić information content (AvgIpc) is 2.52. The maximum atomic E-state index is 12.8. The molecular weight excluding hydrogens is 296 g/mol. The van der Waals surface area contributed by atoms with E-state index in [0.717, 1.165) is 12.0 Å². The van der Waals surface area contributed by atoms with Gasteiger partial charge < -0.3 is 10.6 Å². The molecule has 22 heavy (non-hydrogen) atoms. The fourth-order valence-corrected chi connectivity index (χ4v) is 2.27. The van der Waals surface area contributed by atoms with Crippen LogP contribution in [0.15, 0.2) is 54.6 Å². The van der Waals surface area contributed by atoms with Crippen LogP contribution in [0.5, 0.6) is 0 Å². The topological polar surface area (TPSA) is 46.3 Å². The van der Waals surface area contributed by atoms with Crippen molar-refractivity contribution in [1.29, 1.82) is 0 Å². The van der Waals surface area contributed by atoms with Crippen LogP contribution in [0.1, 0.15) is 36.2 Å². The highest BCUT2D eigenvalue weighted by Crippen LogP contribution is 2.16. The molecule has 4 heteroatoms. The molecule has 2 rings (SSSR count). The van der Waals surface area contributed by atoms with Gasteiger partial charge in [-0.2, -0.15) is 0 Å². The van der Waals surface area contributed by atoms with Crippen molar-refractivity contribution in [3.8, 4) is 0 Å². The molecule has 0 heterocycles. The fraction of sp³-hybridized carbons (Fsp3) is 0.278. The molecule has 1 atom stereocenters. The van der Waals surface area contributed by atoms with Crippen molar-refractivity contribution in [1.82, 2.24) is 4.90 Å². The number of nitrogen functional groups attached to an aromatic ring is 1. The van der Waals surface area contributed by atoms with Crippen molar-refractivity contribution in [2.75, 3.05) is 5.73 Å². The van der Waals surface area contributed by atoms with Crippen molar-refractivity contribution in [2.24, 2.45) is 0 Å². The molecule has 0 aliphatic rings. The molecule has 118 valence electrons. The first-order valence-corrected chi connectivity index (χ1v) is 7.32. The van der Waals surface area contributed by atoms with E-state index in [-0.39, 0.29) is 24.4 Å². The number of carbonyl (C=O) groups is 1. The van der Waals surface area contributed by atoms with Crippen molar-refractivity contribution in [2.45, 2.75) is 32.9 Å². The molecule has 0 spiro atoms. The fourth-order valence-electron chi connectivity index (χ4n) is 2.27. The van der Waals surface area contributed by atoms with Crippen molar-refractivity contribution >= 4 is 24.0 Å². The van der Waals surface area contributed by atoms with Gasteiger partial charge in [-0.15, -0.1) is 12.4 Å². The normalized spacial score (nSPS) is 11.4. The van der Waals surface area contributed by atoms with Gasteiger partial charge in [0.1, 0.15) is 0 Å². The number of rotatable bonds is 5. The second kappa shape index (κ2) is 8.44. The minimum absolute atomic E-state index is 0. The summed E-state index contributed by atoms with van der Waals surface area (Å²) in [5.74, 6) is 0.0282. The summed E-state index contributed by atoms with van der Waals surface area (Å²) in [5, 5.41) is 0. The zero-order chi connectivity index (χ0) is 15.2. The predicted octanol–water partition coefficient (Wildman–Crippen LogP) is 4.13. The molecule has 0 radical (unpaired) electrons. The summed E-state index contributed by atoms with van der Waals surface area (Å²) in [7, 11) is 0. The SMILES string of the molecule is CCC(C)N(Cc1ccccc1)C(=O)c1cccc(N)c1.Cl. The third-order valence-electron chi connectivity index (χ3n) is 3.71. The summed E-state index contributed by atoms with van der Waals surface area (Å²) in [6.07, 6.45) is 0.918. The lowest BCUT2D eigenvalue weighted by atomic mass is 10.1. The molecule has 0 bridgehead atoms. The van der Waals surface area contributed by atoms with Gasteiger partial charge in [-0.1, -0.05) is 43.3 Å². The quantitative estimate of drug-likeness (QED) is 0.842. The molecule has 0 saturated heterocycles. The molecule has 1 amide bonds. The highest BCUT2D eigenvalue weighted by Gasteiger charge is 2.20. The van der Waals surface area contributed by atoms with Crippen LogP contribution < -0.4 is 5.73 Å². The Balaban J connectivity index is 0.00000242. The lowest BCUT2D eigenvalue weighted by molar-refractivity contribution is 0.0671. The zero-order valence-corrected chi connectivity index (χ0v) is 13.8. The van der Waals surface area contributed by atoms with Crippen LogP contribution in [0.2, 0.25) is 0 Å². The van der Waals surface area contributed by atoms with E-state index in [1.54, 1.807) is 12.1 Å². The predicted molar refractivity (Wildman–Crippen MR) is 94.2 cm³/mol. The molecular formula is C18H23ClN2O. The maximum absolute atomic E-state index is 12.8. The number of halogens is 1. The minimum atomic E-state index is 0. The molecule has 0 aromatic heterocycles. The average molecular weight is 319 g/mol. The van der Waals surface area contributed by atoms with Crippen LogP contribution in [0.25, 0.3) is 0 Å². The molecule has 0 saturated carbocycles. The smallest absolute Gasteiger partial charge is 0.254 e. The van der Waals surface area contributed by atoms with E-state index in [2.05, 4.69) is 13.8 Å². The summed E-state index contributed by atoms with van der Waals surface area (Å²) < 4.78 is 0. The van der Waals surface area contributed by atoms with E-state index in [1.165, 1.54) is 0 Å². The summed E-state index contributed by atoms with van der Waals surface area (Å²) in [6, 6.07) is 17.4. The van der Waals surface area contributed by atoms with E-state index in [0.29, 0.717) is 17.8 Å². The van der Waals surface area contributed by atoms with Crippen LogP contribution in [0.3, 0.4) is 0 Å². The lowest BCUT2D eigenvalue weighted by Crippen LogP contribution is -2.37. The first kappa shape index (κ1) is 18.1. The standard InChI is InChI=1S/C18H22N2O.ClH/c1-3-14(2)20(13-15-8-5-4-6-9-15)18(21)16-10-7-11-17(19)12-16;/h4-12,14H,3,13,19H2,1-2H3;1H. The van der Waals surface area contributed by atoms with E-state index in [4.69, 9.17) is 5.73 Å². The number of nitrogens with zero attached hydrogens (tertiary/aromatic N) is 1. The summed E-state index contributed by atoms with van der Waals surface area (Å²) in [6.45, 7) is 4.78. The van der Waals surface area contributed by atoms with Gasteiger partial charge in [0.25, 0.3) is 5.91 Å². The molecule has 3 nitrogen and oxygen atoms in total. The Hall–Kier alpha value is -2.00. The Morgan fingerprint density at radius 3 is 2.41 bits per heavy atom. The highest BCUT2D eigenvalue weighted by molar-refractivity contribution is 5.95. The van der Waals surface area contributed by atoms with Gasteiger partial charge in [0.05, 0.1) is 0 Å². The molecule has 0 aliphatic carbocycles. The molecule has 0 aliphatic heterocycles. The Bertz CT molecular complexity index is 601. The monoisotopic (exact) mass is 318 g/mol. The molecule has 2 N–H and O–H groups in total. The molecule has 0 fully saturated rings.